The highest BCUT2D eigenvalue weighted by atomic mass is 79.9. The van der Waals surface area contributed by atoms with Crippen LogP contribution in [0.4, 0.5) is 24.5 Å². The number of anilines is 2. The van der Waals surface area contributed by atoms with Gasteiger partial charge in [-0.1, -0.05) is 0 Å². The number of H-pyrrole nitrogens is 1. The second-order valence-corrected chi connectivity index (χ2v) is 7.41. The Kier molecular flexibility index (Phi) is 10.6. The molecule has 0 spiro atoms. The molecule has 5 N–H and O–H groups in total. The molecule has 0 amide bonds. The molecule has 36 heavy (non-hydrogen) atoms. The molecule has 9 nitrogen and oxygen atoms in total. The quantitative estimate of drug-likeness (QED) is 0.192. The zero-order valence-electron chi connectivity index (χ0n) is 18.7. The van der Waals surface area contributed by atoms with E-state index in [1.165, 1.54) is 30.4 Å². The molecule has 0 aliphatic rings. The fourth-order valence-corrected chi connectivity index (χ4v) is 2.61. The first-order valence-electron chi connectivity index (χ1n) is 10.1. The van der Waals surface area contributed by atoms with Crippen molar-refractivity contribution < 1.29 is 22.7 Å². The van der Waals surface area contributed by atoms with Gasteiger partial charge in [0.2, 0.25) is 5.56 Å². The Balaban J connectivity index is 0.000000196. The molecule has 0 aliphatic heterocycles. The van der Waals surface area contributed by atoms with E-state index in [0.29, 0.717) is 33.6 Å². The first-order chi connectivity index (χ1) is 17.1. The molecule has 0 saturated heterocycles. The Labute approximate surface area is 211 Å². The molecule has 4 heterocycles. The van der Waals surface area contributed by atoms with Gasteiger partial charge in [-0.05, 0) is 35.0 Å². The number of rotatable bonds is 3. The number of pyridine rings is 4. The van der Waals surface area contributed by atoms with Crippen LogP contribution in [-0.2, 0) is 9.53 Å². The summed E-state index contributed by atoms with van der Waals surface area (Å²) in [5.74, 6) is -1.87. The monoisotopic (exact) mass is 564 g/mol. The standard InChI is InChI=1S/C10H11FN2O2.C8H5FN2O.C5H4BrFN2/c1-2-15-10(14)4-3-9-8(12)5-7(11)6-13-9;9-5-3-7-6(10-4-5)1-2-8(12)11-7;6-5-4(8)1-3(7)2-9-5/h3-6H,2,12H2,1H3;1-4H,(H,11,12);1-2H,8H2. The first-order valence-corrected chi connectivity index (χ1v) is 10.8. The fourth-order valence-electron chi connectivity index (χ4n) is 2.39. The average Bonchev–Trinajstić information content (AvgIpc) is 2.82. The number of nitrogen functional groups attached to an aromatic ring is 2. The van der Waals surface area contributed by atoms with Crippen LogP contribution in [0, 0.1) is 17.5 Å². The summed E-state index contributed by atoms with van der Waals surface area (Å²) in [4.78, 5) is 35.3. The summed E-state index contributed by atoms with van der Waals surface area (Å²) in [5.41, 5.74) is 12.3. The van der Waals surface area contributed by atoms with Gasteiger partial charge in [0.05, 0.1) is 53.3 Å². The summed E-state index contributed by atoms with van der Waals surface area (Å²) in [6.45, 7) is 2.01. The predicted octanol–water partition coefficient (Wildman–Crippen LogP) is 4.01. The lowest BCUT2D eigenvalue weighted by molar-refractivity contribution is -0.137. The number of hydrogen-bond acceptors (Lipinski definition) is 8. The fraction of sp³-hybridized carbons (Fsp3) is 0.0870. The molecular weight excluding hydrogens is 545 g/mol. The van der Waals surface area contributed by atoms with Crippen LogP contribution >= 0.6 is 15.9 Å². The molecule has 0 radical (unpaired) electrons. The maximum Gasteiger partial charge on any atom is 0.330 e. The van der Waals surface area contributed by atoms with Crippen LogP contribution in [0.5, 0.6) is 0 Å². The third-order valence-corrected chi connectivity index (χ3v) is 4.61. The van der Waals surface area contributed by atoms with E-state index < -0.39 is 23.4 Å². The summed E-state index contributed by atoms with van der Waals surface area (Å²) in [5, 5.41) is 0. The van der Waals surface area contributed by atoms with Gasteiger partial charge in [0.25, 0.3) is 0 Å². The second kappa shape index (κ2) is 13.6. The molecule has 4 aromatic rings. The van der Waals surface area contributed by atoms with Gasteiger partial charge in [0.15, 0.2) is 0 Å². The SMILES string of the molecule is CCOC(=O)C=Cc1ncc(F)cc1N.Nc1cc(F)cnc1Br.O=c1ccc2ncc(F)cc2[nH]1. The number of hydrogen-bond donors (Lipinski definition) is 3. The van der Waals surface area contributed by atoms with E-state index in [-0.39, 0.29) is 11.2 Å². The highest BCUT2D eigenvalue weighted by molar-refractivity contribution is 9.10. The summed E-state index contributed by atoms with van der Waals surface area (Å²) in [6.07, 6.45) is 5.81. The van der Waals surface area contributed by atoms with Crippen molar-refractivity contribution in [2.75, 3.05) is 18.1 Å². The van der Waals surface area contributed by atoms with Gasteiger partial charge in [-0.25, -0.2) is 22.9 Å². The van der Waals surface area contributed by atoms with Crippen LogP contribution in [0.15, 0.2) is 64.4 Å². The van der Waals surface area contributed by atoms with E-state index >= 15 is 0 Å². The van der Waals surface area contributed by atoms with Gasteiger partial charge in [-0.3, -0.25) is 14.8 Å². The number of carbonyl (C=O) groups excluding carboxylic acids is 1. The number of aromatic amines is 1. The zero-order chi connectivity index (χ0) is 26.7. The van der Waals surface area contributed by atoms with Crippen LogP contribution in [0.2, 0.25) is 0 Å². The summed E-state index contributed by atoms with van der Waals surface area (Å²) in [6, 6.07) is 6.49. The van der Waals surface area contributed by atoms with Gasteiger partial charge < -0.3 is 21.2 Å². The third kappa shape index (κ3) is 9.18. The first kappa shape index (κ1) is 28.0. The van der Waals surface area contributed by atoms with E-state index in [9.17, 15) is 22.8 Å². The molecule has 4 rings (SSSR count). The van der Waals surface area contributed by atoms with Crippen molar-refractivity contribution in [3.05, 3.63) is 93.1 Å². The van der Waals surface area contributed by atoms with Crippen molar-refractivity contribution in [3.8, 4) is 0 Å². The van der Waals surface area contributed by atoms with Crippen LogP contribution in [-0.4, -0.2) is 32.5 Å². The average molecular weight is 565 g/mol. The summed E-state index contributed by atoms with van der Waals surface area (Å²) in [7, 11) is 0. The lowest BCUT2D eigenvalue weighted by atomic mass is 10.3. The number of nitrogens with two attached hydrogens (primary N) is 2. The van der Waals surface area contributed by atoms with Crippen LogP contribution in [0.25, 0.3) is 17.1 Å². The van der Waals surface area contributed by atoms with Gasteiger partial charge in [0, 0.05) is 30.3 Å². The molecule has 0 aliphatic carbocycles. The van der Waals surface area contributed by atoms with Crippen LogP contribution in [0.1, 0.15) is 12.6 Å². The molecule has 4 aromatic heterocycles. The van der Waals surface area contributed by atoms with Gasteiger partial charge in [-0.2, -0.15) is 0 Å². The maximum atomic E-state index is 12.6. The number of carbonyl (C=O) groups is 1. The van der Waals surface area contributed by atoms with Crippen molar-refractivity contribution in [1.29, 1.82) is 0 Å². The van der Waals surface area contributed by atoms with Crippen LogP contribution < -0.4 is 17.0 Å². The maximum absolute atomic E-state index is 12.6. The summed E-state index contributed by atoms with van der Waals surface area (Å²) < 4.78 is 42.5. The predicted molar refractivity (Wildman–Crippen MR) is 133 cm³/mol. The van der Waals surface area contributed by atoms with Gasteiger partial charge >= 0.3 is 5.97 Å². The van der Waals surface area contributed by atoms with E-state index in [1.54, 1.807) is 13.0 Å². The molecule has 0 unspecified atom stereocenters. The molecule has 188 valence electrons. The molecule has 0 fully saturated rings. The van der Waals surface area contributed by atoms with Crippen molar-refractivity contribution in [3.63, 3.8) is 0 Å². The van der Waals surface area contributed by atoms with Crippen molar-refractivity contribution in [1.82, 2.24) is 19.9 Å². The van der Waals surface area contributed by atoms with E-state index in [4.69, 9.17) is 11.5 Å². The van der Waals surface area contributed by atoms with E-state index in [0.717, 1.165) is 24.7 Å². The van der Waals surface area contributed by atoms with Crippen molar-refractivity contribution >= 4 is 50.4 Å². The minimum absolute atomic E-state index is 0.176. The number of esters is 1. The molecule has 0 aromatic carbocycles. The van der Waals surface area contributed by atoms with E-state index in [2.05, 4.69) is 40.6 Å². The smallest absolute Gasteiger partial charge is 0.330 e. The van der Waals surface area contributed by atoms with Crippen LogP contribution in [0.3, 0.4) is 0 Å². The normalized spacial score (nSPS) is 10.2. The van der Waals surface area contributed by atoms with Crippen molar-refractivity contribution in [2.45, 2.75) is 6.92 Å². The highest BCUT2D eigenvalue weighted by Crippen LogP contribution is 2.15. The highest BCUT2D eigenvalue weighted by Gasteiger charge is 2.00. The molecule has 0 bridgehead atoms. The Morgan fingerprint density at radius 3 is 2.22 bits per heavy atom. The Morgan fingerprint density at radius 1 is 1.00 bits per heavy atom. The Bertz CT molecular complexity index is 1430. The number of aromatic nitrogens is 4. The number of nitrogens with one attached hydrogen (secondary N) is 1. The third-order valence-electron chi connectivity index (χ3n) is 3.95. The van der Waals surface area contributed by atoms with Crippen molar-refractivity contribution in [2.24, 2.45) is 0 Å². The number of ether oxygens (including phenoxy) is 1. The molecule has 13 heteroatoms. The number of fused-ring (bicyclic) bond motifs is 1. The topological polar surface area (TPSA) is 150 Å². The Morgan fingerprint density at radius 2 is 1.61 bits per heavy atom. The zero-order valence-corrected chi connectivity index (χ0v) is 20.3. The second-order valence-electron chi connectivity index (χ2n) is 6.66. The molecule has 0 saturated carbocycles. The Hall–Kier alpha value is -4.26. The molecule has 0 atom stereocenters. The molecular formula is C23H20BrF3N6O3. The minimum atomic E-state index is -0.513. The number of halogens is 4. The lowest BCUT2D eigenvalue weighted by Gasteiger charge is -1.98. The largest absolute Gasteiger partial charge is 0.463 e. The van der Waals surface area contributed by atoms with E-state index in [1.807, 2.05) is 0 Å². The number of nitrogens with zero attached hydrogens (tertiary/aromatic N) is 3. The van der Waals surface area contributed by atoms with Gasteiger partial charge in [-0.15, -0.1) is 0 Å². The van der Waals surface area contributed by atoms with Gasteiger partial charge in [0.1, 0.15) is 22.1 Å². The minimum Gasteiger partial charge on any atom is -0.463 e. The lowest BCUT2D eigenvalue weighted by Crippen LogP contribution is -2.02. The summed E-state index contributed by atoms with van der Waals surface area (Å²) >= 11 is 3.03.